The molecule has 2 aromatic carbocycles. The molecule has 0 aliphatic rings. The largest absolute Gasteiger partial charge is 0.438 e. The van der Waals surface area contributed by atoms with Gasteiger partial charge in [0.15, 0.2) is 0 Å². The predicted molar refractivity (Wildman–Crippen MR) is 76.2 cm³/mol. The zero-order valence-corrected chi connectivity index (χ0v) is 11.6. The van der Waals surface area contributed by atoms with Crippen LogP contribution in [0.3, 0.4) is 0 Å². The van der Waals surface area contributed by atoms with Gasteiger partial charge in [-0.2, -0.15) is 13.2 Å². The molecular weight excluding hydrogens is 300 g/mol. The smallest absolute Gasteiger partial charge is 0.360 e. The van der Waals surface area contributed by atoms with Crippen LogP contribution in [0.4, 0.5) is 0 Å². The summed E-state index contributed by atoms with van der Waals surface area (Å²) in [6.45, 7) is 0. The molecule has 0 atom stereocenters. The van der Waals surface area contributed by atoms with Crippen LogP contribution >= 0.6 is 11.6 Å². The number of rotatable bonds is 2. The Hall–Kier alpha value is -1.98. The summed E-state index contributed by atoms with van der Waals surface area (Å²) in [5, 5.41) is -0.437. The lowest BCUT2D eigenvalue weighted by Crippen LogP contribution is -2.17. The first-order chi connectivity index (χ1) is 9.43. The van der Waals surface area contributed by atoms with E-state index in [1.807, 2.05) is 0 Å². The van der Waals surface area contributed by atoms with Gasteiger partial charge in [-0.15, -0.1) is 0 Å². The monoisotopic (exact) mass is 308 g/mol. The van der Waals surface area contributed by atoms with Crippen molar-refractivity contribution in [1.82, 2.24) is 0 Å². The van der Waals surface area contributed by atoms with Crippen molar-refractivity contribution in [2.45, 2.75) is 0 Å². The van der Waals surface area contributed by atoms with Gasteiger partial charge >= 0.3 is 15.2 Å². The van der Waals surface area contributed by atoms with E-state index in [0.717, 1.165) is 0 Å². The number of hydrogen-bond donors (Lipinski definition) is 1. The van der Waals surface area contributed by atoms with E-state index >= 15 is 0 Å². The molecule has 2 rings (SSSR count). The van der Waals surface area contributed by atoms with Gasteiger partial charge in [-0.1, -0.05) is 41.9 Å². The molecule has 1 N–H and O–H groups in total. The second-order valence-electron chi connectivity index (χ2n) is 3.94. The van der Waals surface area contributed by atoms with Crippen molar-refractivity contribution in [3.63, 3.8) is 0 Å². The molecule has 5 nitrogen and oxygen atoms in total. The Kier molecular flexibility index (Phi) is 4.01. The Balaban J connectivity index is 2.76. The molecule has 0 unspecified atom stereocenters. The van der Waals surface area contributed by atoms with Gasteiger partial charge in [0.2, 0.25) is 0 Å². The Morgan fingerprint density at radius 2 is 1.80 bits per heavy atom. The topological polar surface area (TPSA) is 90.8 Å². The summed E-state index contributed by atoms with van der Waals surface area (Å²) in [4.78, 5) is 2.68. The van der Waals surface area contributed by atoms with Gasteiger partial charge in [-0.05, 0) is 29.3 Å². The normalized spacial score (nSPS) is 10.9. The predicted octanol–water partition coefficient (Wildman–Crippen LogP) is 2.87. The lowest BCUT2D eigenvalue weighted by atomic mass is 10.0. The van der Waals surface area contributed by atoms with Crippen molar-refractivity contribution in [1.29, 1.82) is 0 Å². The Morgan fingerprint density at radius 1 is 1.15 bits per heavy atom. The van der Waals surface area contributed by atoms with E-state index in [4.69, 9.17) is 21.7 Å². The Bertz CT molecular complexity index is 798. The van der Waals surface area contributed by atoms with Crippen molar-refractivity contribution in [2.24, 2.45) is 0 Å². The van der Waals surface area contributed by atoms with Crippen LogP contribution in [-0.2, 0) is 10.1 Å². The standard InChI is InChI=1S/C13H9ClN2O3S/c14-10-6-7-11(13(16-15)20(17,18)19)12(8-10)9-4-2-1-3-5-9/h1-8H,(H,17,18,19). The zero-order chi connectivity index (χ0) is 14.8. The maximum atomic E-state index is 11.3. The van der Waals surface area contributed by atoms with Crippen LogP contribution in [-0.4, -0.2) is 22.8 Å². The van der Waals surface area contributed by atoms with Crippen molar-refractivity contribution < 1.29 is 17.8 Å². The van der Waals surface area contributed by atoms with Crippen molar-refractivity contribution >= 4 is 26.8 Å². The van der Waals surface area contributed by atoms with Crippen LogP contribution in [0.5, 0.6) is 0 Å². The van der Waals surface area contributed by atoms with E-state index in [1.54, 1.807) is 30.3 Å². The van der Waals surface area contributed by atoms with Gasteiger partial charge in [-0.25, -0.2) is 0 Å². The summed E-state index contributed by atoms with van der Waals surface area (Å²) in [6.07, 6.45) is 0. The van der Waals surface area contributed by atoms with E-state index in [-0.39, 0.29) is 5.56 Å². The molecule has 0 spiro atoms. The lowest BCUT2D eigenvalue weighted by Gasteiger charge is -2.06. The van der Waals surface area contributed by atoms with Crippen molar-refractivity contribution in [2.75, 3.05) is 0 Å². The minimum atomic E-state index is -4.65. The van der Waals surface area contributed by atoms with Crippen molar-refractivity contribution in [3.05, 3.63) is 64.6 Å². The maximum absolute atomic E-state index is 11.3. The Labute approximate surface area is 120 Å². The molecule has 0 aliphatic carbocycles. The minimum Gasteiger partial charge on any atom is -0.360 e. The molecule has 0 saturated heterocycles. The lowest BCUT2D eigenvalue weighted by molar-refractivity contribution is -0.0000372. The third-order valence-electron chi connectivity index (χ3n) is 2.63. The molecular formula is C13H9ClN2O3S. The molecule has 7 heteroatoms. The number of benzene rings is 2. The van der Waals surface area contributed by atoms with Crippen molar-refractivity contribution in [3.8, 4) is 11.1 Å². The highest BCUT2D eigenvalue weighted by molar-refractivity contribution is 8.01. The van der Waals surface area contributed by atoms with Gasteiger partial charge in [0.1, 0.15) is 0 Å². The first-order valence-corrected chi connectivity index (χ1v) is 7.30. The summed E-state index contributed by atoms with van der Waals surface area (Å²) in [6, 6.07) is 13.2. The highest BCUT2D eigenvalue weighted by atomic mass is 35.5. The first-order valence-electron chi connectivity index (χ1n) is 5.48. The molecule has 0 aromatic heterocycles. The second kappa shape index (κ2) is 5.56. The SMILES string of the molecule is [N-]=[N+]=C(c1ccc(Cl)cc1-c1ccccc1)S(=O)(=O)O. The molecule has 0 saturated carbocycles. The molecule has 102 valence electrons. The van der Waals surface area contributed by atoms with Crippen LogP contribution in [0.1, 0.15) is 5.56 Å². The number of hydrogen-bond acceptors (Lipinski definition) is 2. The van der Waals surface area contributed by atoms with Crippen LogP contribution in [0, 0.1) is 0 Å². The fraction of sp³-hybridized carbons (Fsp3) is 0. The third kappa shape index (κ3) is 2.95. The van der Waals surface area contributed by atoms with E-state index in [1.165, 1.54) is 18.2 Å². The molecule has 0 aliphatic heterocycles. The molecule has 20 heavy (non-hydrogen) atoms. The van der Waals surface area contributed by atoms with E-state index < -0.39 is 15.2 Å². The number of halogens is 1. The van der Waals surface area contributed by atoms with Crippen LogP contribution in [0.15, 0.2) is 48.5 Å². The van der Waals surface area contributed by atoms with Gasteiger partial charge in [0, 0.05) is 5.02 Å². The van der Waals surface area contributed by atoms with E-state index in [0.29, 0.717) is 16.1 Å². The summed E-state index contributed by atoms with van der Waals surface area (Å²) in [7, 11) is -4.65. The fourth-order valence-corrected chi connectivity index (χ4v) is 2.54. The molecule has 2 aromatic rings. The van der Waals surface area contributed by atoms with Crippen LogP contribution in [0.25, 0.3) is 16.7 Å². The molecule has 0 heterocycles. The first kappa shape index (κ1) is 14.4. The van der Waals surface area contributed by atoms with Crippen LogP contribution < -0.4 is 0 Å². The summed E-state index contributed by atoms with van der Waals surface area (Å²) in [5.41, 5.74) is 10.0. The van der Waals surface area contributed by atoms with Gasteiger partial charge < -0.3 is 5.53 Å². The minimum absolute atomic E-state index is 0.0607. The second-order valence-corrected chi connectivity index (χ2v) is 5.71. The molecule has 0 fully saturated rings. The fourth-order valence-electron chi connectivity index (χ4n) is 1.80. The highest BCUT2D eigenvalue weighted by Gasteiger charge is 2.30. The summed E-state index contributed by atoms with van der Waals surface area (Å²) >= 11 is 5.91. The Morgan fingerprint density at radius 3 is 2.35 bits per heavy atom. The van der Waals surface area contributed by atoms with Gasteiger partial charge in [0.05, 0.1) is 5.56 Å². The van der Waals surface area contributed by atoms with E-state index in [9.17, 15) is 8.42 Å². The van der Waals surface area contributed by atoms with Gasteiger partial charge in [0.25, 0.3) is 0 Å². The molecule has 0 radical (unpaired) electrons. The third-order valence-corrected chi connectivity index (χ3v) is 3.66. The highest BCUT2D eigenvalue weighted by Crippen LogP contribution is 2.28. The van der Waals surface area contributed by atoms with E-state index in [2.05, 4.69) is 4.79 Å². The summed E-state index contributed by atoms with van der Waals surface area (Å²) in [5.74, 6) is 0. The maximum Gasteiger partial charge on any atom is 0.438 e. The summed E-state index contributed by atoms with van der Waals surface area (Å²) < 4.78 is 31.6. The molecule has 0 bridgehead atoms. The average molecular weight is 309 g/mol. The van der Waals surface area contributed by atoms with Gasteiger partial charge in [-0.3, -0.25) is 4.55 Å². The quantitative estimate of drug-likeness (QED) is 0.304. The molecule has 0 amide bonds. The average Bonchev–Trinajstić information content (AvgIpc) is 2.40. The zero-order valence-electron chi connectivity index (χ0n) is 10.1. The number of nitrogens with zero attached hydrogens (tertiary/aromatic N) is 2. The van der Waals surface area contributed by atoms with Crippen LogP contribution in [0.2, 0.25) is 5.02 Å².